The molecule has 126 valence electrons. The first-order chi connectivity index (χ1) is 10.3. The zero-order valence-corrected chi connectivity index (χ0v) is 12.8. The topological polar surface area (TPSA) is 118 Å². The van der Waals surface area contributed by atoms with E-state index in [1.165, 1.54) is 7.11 Å². The summed E-state index contributed by atoms with van der Waals surface area (Å²) in [5, 5.41) is 9.39. The van der Waals surface area contributed by atoms with Crippen molar-refractivity contribution >= 4 is 17.9 Å². The Bertz CT molecular complexity index is 392. The van der Waals surface area contributed by atoms with E-state index >= 15 is 0 Å². The van der Waals surface area contributed by atoms with Crippen molar-refractivity contribution < 1.29 is 43.2 Å². The first-order valence-electron chi connectivity index (χ1n) is 6.61. The van der Waals surface area contributed by atoms with Crippen LogP contribution < -0.4 is 0 Å². The maximum atomic E-state index is 11.3. The summed E-state index contributed by atoms with van der Waals surface area (Å²) in [4.78, 5) is 33.8. The van der Waals surface area contributed by atoms with Crippen molar-refractivity contribution in [2.24, 2.45) is 0 Å². The van der Waals surface area contributed by atoms with Crippen LogP contribution in [0.25, 0.3) is 0 Å². The van der Waals surface area contributed by atoms with Crippen LogP contribution in [-0.2, 0) is 38.1 Å². The van der Waals surface area contributed by atoms with Gasteiger partial charge < -0.3 is 28.8 Å². The molecule has 1 heterocycles. The summed E-state index contributed by atoms with van der Waals surface area (Å²) >= 11 is 0. The molecule has 1 aliphatic rings. The zero-order chi connectivity index (χ0) is 16.9. The van der Waals surface area contributed by atoms with Crippen LogP contribution in [0.1, 0.15) is 20.8 Å². The second-order valence-corrected chi connectivity index (χ2v) is 4.68. The standard InChI is InChI=1S/C13H20O9/c1-6(15)19-10-9(5-14)22-13(18-4)12(21-8(3)17)11(10)20-7(2)16/h9-14H,5H2,1-4H3/t9?,10-,11?,12?,13+/m1/s1. The highest BCUT2D eigenvalue weighted by Gasteiger charge is 2.51. The van der Waals surface area contributed by atoms with Gasteiger partial charge in [0, 0.05) is 27.9 Å². The van der Waals surface area contributed by atoms with Crippen molar-refractivity contribution in [2.45, 2.75) is 51.5 Å². The van der Waals surface area contributed by atoms with E-state index in [-0.39, 0.29) is 0 Å². The molecule has 0 aromatic heterocycles. The minimum absolute atomic E-state index is 0.512. The summed E-state index contributed by atoms with van der Waals surface area (Å²) in [6.07, 6.45) is -5.52. The summed E-state index contributed by atoms with van der Waals surface area (Å²) in [6, 6.07) is 0. The lowest BCUT2D eigenvalue weighted by Crippen LogP contribution is -2.62. The number of ether oxygens (including phenoxy) is 5. The lowest BCUT2D eigenvalue weighted by Gasteiger charge is -2.43. The average Bonchev–Trinajstić information content (AvgIpc) is 2.41. The van der Waals surface area contributed by atoms with Gasteiger partial charge in [-0.3, -0.25) is 14.4 Å². The normalized spacial score (nSPS) is 31.2. The molecule has 1 saturated heterocycles. The van der Waals surface area contributed by atoms with E-state index < -0.39 is 55.2 Å². The third-order valence-electron chi connectivity index (χ3n) is 2.91. The second kappa shape index (κ2) is 8.06. The molecule has 9 nitrogen and oxygen atoms in total. The summed E-state index contributed by atoms with van der Waals surface area (Å²) in [6.45, 7) is 2.96. The van der Waals surface area contributed by atoms with Crippen LogP contribution in [0.2, 0.25) is 0 Å². The fraction of sp³-hybridized carbons (Fsp3) is 0.769. The molecule has 0 bridgehead atoms. The molecular weight excluding hydrogens is 300 g/mol. The Labute approximate surface area is 127 Å². The Morgan fingerprint density at radius 1 is 0.909 bits per heavy atom. The quantitative estimate of drug-likeness (QED) is 0.510. The van der Waals surface area contributed by atoms with Gasteiger partial charge in [-0.25, -0.2) is 0 Å². The Morgan fingerprint density at radius 2 is 1.36 bits per heavy atom. The van der Waals surface area contributed by atoms with Crippen molar-refractivity contribution in [1.29, 1.82) is 0 Å². The summed E-state index contributed by atoms with van der Waals surface area (Å²) < 4.78 is 25.7. The predicted molar refractivity (Wildman–Crippen MR) is 69.4 cm³/mol. The van der Waals surface area contributed by atoms with Gasteiger partial charge in [0.1, 0.15) is 6.10 Å². The third kappa shape index (κ3) is 4.65. The number of rotatable bonds is 5. The third-order valence-corrected chi connectivity index (χ3v) is 2.91. The smallest absolute Gasteiger partial charge is 0.303 e. The molecule has 3 unspecified atom stereocenters. The number of esters is 3. The molecule has 9 heteroatoms. The molecule has 5 atom stereocenters. The van der Waals surface area contributed by atoms with Gasteiger partial charge in [-0.15, -0.1) is 0 Å². The van der Waals surface area contributed by atoms with E-state index in [0.717, 1.165) is 20.8 Å². The molecule has 1 fully saturated rings. The maximum absolute atomic E-state index is 11.3. The van der Waals surface area contributed by atoms with Gasteiger partial charge >= 0.3 is 17.9 Å². The van der Waals surface area contributed by atoms with Crippen molar-refractivity contribution in [3.63, 3.8) is 0 Å². The fourth-order valence-electron chi connectivity index (χ4n) is 2.19. The Morgan fingerprint density at radius 3 is 1.77 bits per heavy atom. The summed E-state index contributed by atoms with van der Waals surface area (Å²) in [5.74, 6) is -1.99. The van der Waals surface area contributed by atoms with Crippen molar-refractivity contribution in [3.8, 4) is 0 Å². The molecule has 22 heavy (non-hydrogen) atoms. The molecule has 0 radical (unpaired) electrons. The fourth-order valence-corrected chi connectivity index (χ4v) is 2.19. The number of hydrogen-bond donors (Lipinski definition) is 1. The van der Waals surface area contributed by atoms with E-state index in [0.29, 0.717) is 0 Å². The number of carbonyl (C=O) groups excluding carboxylic acids is 3. The number of aliphatic hydroxyl groups excluding tert-OH is 1. The Balaban J connectivity index is 3.14. The number of hydrogen-bond acceptors (Lipinski definition) is 9. The maximum Gasteiger partial charge on any atom is 0.303 e. The minimum Gasteiger partial charge on any atom is -0.456 e. The van der Waals surface area contributed by atoms with E-state index in [2.05, 4.69) is 0 Å². The van der Waals surface area contributed by atoms with Crippen LogP contribution >= 0.6 is 0 Å². The van der Waals surface area contributed by atoms with Gasteiger partial charge in [-0.05, 0) is 0 Å². The van der Waals surface area contributed by atoms with Crippen LogP contribution in [0.4, 0.5) is 0 Å². The number of carbonyl (C=O) groups is 3. The highest BCUT2D eigenvalue weighted by molar-refractivity contribution is 5.68. The Kier molecular flexibility index (Phi) is 6.72. The number of aliphatic hydroxyl groups is 1. The molecule has 0 amide bonds. The molecule has 0 aromatic rings. The molecule has 0 aromatic carbocycles. The first-order valence-corrected chi connectivity index (χ1v) is 6.61. The van der Waals surface area contributed by atoms with Gasteiger partial charge in [0.15, 0.2) is 24.6 Å². The largest absolute Gasteiger partial charge is 0.456 e. The highest BCUT2D eigenvalue weighted by Crippen LogP contribution is 2.28. The molecule has 1 aliphatic heterocycles. The van der Waals surface area contributed by atoms with E-state index in [4.69, 9.17) is 23.7 Å². The van der Waals surface area contributed by atoms with Crippen LogP contribution in [0.5, 0.6) is 0 Å². The molecule has 1 N–H and O–H groups in total. The van der Waals surface area contributed by atoms with Crippen LogP contribution in [0, 0.1) is 0 Å². The van der Waals surface area contributed by atoms with Crippen molar-refractivity contribution in [3.05, 3.63) is 0 Å². The van der Waals surface area contributed by atoms with Gasteiger partial charge in [0.2, 0.25) is 0 Å². The molecule has 0 aliphatic carbocycles. The first kappa shape index (κ1) is 18.3. The lowest BCUT2D eigenvalue weighted by atomic mass is 9.98. The molecule has 0 saturated carbocycles. The van der Waals surface area contributed by atoms with Crippen molar-refractivity contribution in [2.75, 3.05) is 13.7 Å². The van der Waals surface area contributed by atoms with Crippen LogP contribution in [0.3, 0.4) is 0 Å². The molecule has 1 rings (SSSR count). The van der Waals surface area contributed by atoms with Gasteiger partial charge in [-0.2, -0.15) is 0 Å². The monoisotopic (exact) mass is 320 g/mol. The Hall–Kier alpha value is -1.71. The van der Waals surface area contributed by atoms with Gasteiger partial charge in [0.25, 0.3) is 0 Å². The molecular formula is C13H20O9. The van der Waals surface area contributed by atoms with Gasteiger partial charge in [0.05, 0.1) is 6.61 Å². The predicted octanol–water partition coefficient (Wildman–Crippen LogP) is -0.855. The van der Waals surface area contributed by atoms with Gasteiger partial charge in [-0.1, -0.05) is 0 Å². The summed E-state index contributed by atoms with van der Waals surface area (Å²) in [5.41, 5.74) is 0. The van der Waals surface area contributed by atoms with Crippen LogP contribution in [-0.4, -0.2) is 67.4 Å². The van der Waals surface area contributed by atoms with E-state index in [1.807, 2.05) is 0 Å². The second-order valence-electron chi connectivity index (χ2n) is 4.68. The number of methoxy groups -OCH3 is 1. The zero-order valence-electron chi connectivity index (χ0n) is 12.8. The average molecular weight is 320 g/mol. The van der Waals surface area contributed by atoms with Crippen molar-refractivity contribution in [1.82, 2.24) is 0 Å². The summed E-state index contributed by atoms with van der Waals surface area (Å²) in [7, 11) is 1.30. The highest BCUT2D eigenvalue weighted by atomic mass is 16.7. The van der Waals surface area contributed by atoms with E-state index in [9.17, 15) is 19.5 Å². The van der Waals surface area contributed by atoms with E-state index in [1.54, 1.807) is 0 Å². The SMILES string of the molecule is CO[C@H]1OC(CO)[C@@H](OC(C)=O)C(OC(C)=O)C1OC(C)=O. The lowest BCUT2D eigenvalue weighted by molar-refractivity contribution is -0.302. The molecule has 0 spiro atoms. The minimum atomic E-state index is -1.17. The van der Waals surface area contributed by atoms with Crippen LogP contribution in [0.15, 0.2) is 0 Å².